The van der Waals surface area contributed by atoms with Crippen molar-refractivity contribution in [3.05, 3.63) is 28.8 Å². The fourth-order valence-electron chi connectivity index (χ4n) is 1.92. The minimum absolute atomic E-state index is 0.126. The Labute approximate surface area is 97.3 Å². The largest absolute Gasteiger partial charge is 0.434 e. The summed E-state index contributed by atoms with van der Waals surface area (Å²) < 4.78 is 28.9. The highest BCUT2D eigenvalue weighted by Gasteiger charge is 2.37. The molecule has 1 aromatic carbocycles. The summed E-state index contributed by atoms with van der Waals surface area (Å²) in [6, 6.07) is 4.57. The molecular formula is C11H12ClF2NO. The molecule has 0 unspecified atom stereocenters. The van der Waals surface area contributed by atoms with Gasteiger partial charge in [-0.05, 0) is 37.5 Å². The Kier molecular flexibility index (Phi) is 3.04. The number of rotatable bonds is 3. The van der Waals surface area contributed by atoms with Crippen LogP contribution in [0.25, 0.3) is 0 Å². The van der Waals surface area contributed by atoms with Crippen molar-refractivity contribution >= 4 is 11.6 Å². The van der Waals surface area contributed by atoms with E-state index in [4.69, 9.17) is 17.3 Å². The van der Waals surface area contributed by atoms with Crippen molar-refractivity contribution in [3.8, 4) is 5.75 Å². The predicted octanol–water partition coefficient (Wildman–Crippen LogP) is 3.28. The molecule has 1 fully saturated rings. The van der Waals surface area contributed by atoms with E-state index in [1.165, 1.54) is 12.1 Å². The Bertz CT molecular complexity index is 394. The van der Waals surface area contributed by atoms with Crippen LogP contribution in [0.15, 0.2) is 18.2 Å². The van der Waals surface area contributed by atoms with Crippen LogP contribution in [-0.4, -0.2) is 6.61 Å². The van der Waals surface area contributed by atoms with Gasteiger partial charge in [0, 0.05) is 16.1 Å². The van der Waals surface area contributed by atoms with E-state index >= 15 is 0 Å². The van der Waals surface area contributed by atoms with Crippen LogP contribution >= 0.6 is 11.6 Å². The van der Waals surface area contributed by atoms with Crippen molar-refractivity contribution in [2.24, 2.45) is 5.73 Å². The van der Waals surface area contributed by atoms with Gasteiger partial charge < -0.3 is 10.5 Å². The molecule has 0 heterocycles. The highest BCUT2D eigenvalue weighted by Crippen LogP contribution is 2.43. The third kappa shape index (κ3) is 2.13. The predicted molar refractivity (Wildman–Crippen MR) is 57.8 cm³/mol. The van der Waals surface area contributed by atoms with Crippen LogP contribution in [0.3, 0.4) is 0 Å². The lowest BCUT2D eigenvalue weighted by molar-refractivity contribution is -0.0515. The summed E-state index contributed by atoms with van der Waals surface area (Å²) >= 11 is 5.84. The van der Waals surface area contributed by atoms with Crippen LogP contribution in [0.4, 0.5) is 8.78 Å². The van der Waals surface area contributed by atoms with Crippen molar-refractivity contribution in [1.29, 1.82) is 0 Å². The third-order valence-corrected chi connectivity index (χ3v) is 3.17. The topological polar surface area (TPSA) is 35.2 Å². The number of benzene rings is 1. The quantitative estimate of drug-likeness (QED) is 0.890. The lowest BCUT2D eigenvalue weighted by atomic mass is 9.72. The van der Waals surface area contributed by atoms with Gasteiger partial charge in [0.1, 0.15) is 5.75 Å². The molecule has 88 valence electrons. The Balaban J connectivity index is 2.36. The standard InChI is InChI=1S/C11H12ClF2NO/c12-7-2-3-9(16-10(13)14)8(6-7)11(15)4-1-5-11/h2-3,6,10H,1,4-5,15H2. The van der Waals surface area contributed by atoms with E-state index in [1.54, 1.807) is 6.07 Å². The molecule has 0 amide bonds. The number of ether oxygens (including phenoxy) is 1. The first-order valence-corrected chi connectivity index (χ1v) is 5.43. The number of hydrogen-bond acceptors (Lipinski definition) is 2. The van der Waals surface area contributed by atoms with E-state index < -0.39 is 12.2 Å². The van der Waals surface area contributed by atoms with Gasteiger partial charge in [0.15, 0.2) is 0 Å². The SMILES string of the molecule is NC1(c2cc(Cl)ccc2OC(F)F)CCC1. The Hall–Kier alpha value is -0.870. The van der Waals surface area contributed by atoms with Crippen molar-refractivity contribution in [2.45, 2.75) is 31.4 Å². The normalized spacial score (nSPS) is 18.3. The maximum absolute atomic E-state index is 12.2. The molecule has 1 aliphatic carbocycles. The van der Waals surface area contributed by atoms with Crippen LogP contribution in [-0.2, 0) is 5.54 Å². The summed E-state index contributed by atoms with van der Waals surface area (Å²) in [4.78, 5) is 0. The molecule has 1 aromatic rings. The molecule has 2 rings (SSSR count). The second kappa shape index (κ2) is 4.18. The van der Waals surface area contributed by atoms with E-state index in [1.807, 2.05) is 0 Å². The van der Waals surface area contributed by atoms with Crippen LogP contribution in [0.5, 0.6) is 5.75 Å². The molecule has 1 aliphatic rings. The molecule has 0 saturated heterocycles. The van der Waals surface area contributed by atoms with Gasteiger partial charge in [0.05, 0.1) is 0 Å². The van der Waals surface area contributed by atoms with Crippen LogP contribution in [0.1, 0.15) is 24.8 Å². The first kappa shape index (κ1) is 11.6. The van der Waals surface area contributed by atoms with Gasteiger partial charge in [0.25, 0.3) is 0 Å². The molecule has 0 spiro atoms. The molecule has 16 heavy (non-hydrogen) atoms. The van der Waals surface area contributed by atoms with E-state index in [0.717, 1.165) is 19.3 Å². The van der Waals surface area contributed by atoms with Crippen LogP contribution < -0.4 is 10.5 Å². The van der Waals surface area contributed by atoms with Gasteiger partial charge in [-0.1, -0.05) is 11.6 Å². The molecule has 0 aliphatic heterocycles. The first-order chi connectivity index (χ1) is 7.51. The summed E-state index contributed by atoms with van der Waals surface area (Å²) in [5.41, 5.74) is 6.10. The zero-order valence-corrected chi connectivity index (χ0v) is 9.31. The monoisotopic (exact) mass is 247 g/mol. The Morgan fingerprint density at radius 2 is 2.06 bits per heavy atom. The third-order valence-electron chi connectivity index (χ3n) is 2.94. The Morgan fingerprint density at radius 3 is 2.56 bits per heavy atom. The minimum atomic E-state index is -2.84. The smallest absolute Gasteiger partial charge is 0.387 e. The van der Waals surface area contributed by atoms with Gasteiger partial charge in [0.2, 0.25) is 0 Å². The molecule has 5 heteroatoms. The molecule has 0 atom stereocenters. The van der Waals surface area contributed by atoms with Crippen molar-refractivity contribution in [1.82, 2.24) is 0 Å². The number of hydrogen-bond donors (Lipinski definition) is 1. The zero-order chi connectivity index (χ0) is 11.8. The maximum Gasteiger partial charge on any atom is 0.387 e. The first-order valence-electron chi connectivity index (χ1n) is 5.05. The van der Waals surface area contributed by atoms with Gasteiger partial charge in [-0.25, -0.2) is 0 Å². The van der Waals surface area contributed by atoms with Crippen molar-refractivity contribution in [3.63, 3.8) is 0 Å². The fraction of sp³-hybridized carbons (Fsp3) is 0.455. The van der Waals surface area contributed by atoms with E-state index in [0.29, 0.717) is 10.6 Å². The van der Waals surface area contributed by atoms with Gasteiger partial charge >= 0.3 is 6.61 Å². The van der Waals surface area contributed by atoms with Gasteiger partial charge in [-0.2, -0.15) is 8.78 Å². The summed E-state index contributed by atoms with van der Waals surface area (Å²) in [7, 11) is 0. The number of nitrogens with two attached hydrogens (primary N) is 1. The summed E-state index contributed by atoms with van der Waals surface area (Å²) in [5.74, 6) is 0.126. The zero-order valence-electron chi connectivity index (χ0n) is 8.55. The fourth-order valence-corrected chi connectivity index (χ4v) is 2.09. The summed E-state index contributed by atoms with van der Waals surface area (Å²) in [6.45, 7) is -2.84. The molecule has 1 saturated carbocycles. The molecule has 0 aromatic heterocycles. The van der Waals surface area contributed by atoms with Crippen molar-refractivity contribution < 1.29 is 13.5 Å². The number of alkyl halides is 2. The second-order valence-electron chi connectivity index (χ2n) is 4.03. The van der Waals surface area contributed by atoms with E-state index in [9.17, 15) is 8.78 Å². The Morgan fingerprint density at radius 1 is 1.38 bits per heavy atom. The lowest BCUT2D eigenvalue weighted by Crippen LogP contribution is -2.43. The summed E-state index contributed by atoms with van der Waals surface area (Å²) in [5, 5.41) is 0.480. The van der Waals surface area contributed by atoms with Gasteiger partial charge in [-0.3, -0.25) is 0 Å². The average Bonchev–Trinajstić information content (AvgIpc) is 2.16. The maximum atomic E-state index is 12.2. The molecule has 2 N–H and O–H groups in total. The molecule has 0 radical (unpaired) electrons. The van der Waals surface area contributed by atoms with Gasteiger partial charge in [-0.15, -0.1) is 0 Å². The minimum Gasteiger partial charge on any atom is -0.434 e. The van der Waals surface area contributed by atoms with E-state index in [-0.39, 0.29) is 5.75 Å². The van der Waals surface area contributed by atoms with Crippen LogP contribution in [0.2, 0.25) is 5.02 Å². The lowest BCUT2D eigenvalue weighted by Gasteiger charge is -2.39. The van der Waals surface area contributed by atoms with E-state index in [2.05, 4.69) is 4.74 Å². The highest BCUT2D eigenvalue weighted by molar-refractivity contribution is 6.30. The molecule has 0 bridgehead atoms. The highest BCUT2D eigenvalue weighted by atomic mass is 35.5. The number of halogens is 3. The summed E-state index contributed by atoms with van der Waals surface area (Å²) in [6.07, 6.45) is 2.54. The average molecular weight is 248 g/mol. The van der Waals surface area contributed by atoms with Crippen LogP contribution in [0, 0.1) is 0 Å². The second-order valence-corrected chi connectivity index (χ2v) is 4.47. The molecular weight excluding hydrogens is 236 g/mol. The van der Waals surface area contributed by atoms with Crippen molar-refractivity contribution in [2.75, 3.05) is 0 Å². The molecule has 2 nitrogen and oxygen atoms in total.